The molecule has 0 aliphatic rings. The van der Waals surface area contributed by atoms with Crippen LogP contribution in [0.2, 0.25) is 0 Å². The summed E-state index contributed by atoms with van der Waals surface area (Å²) in [6.45, 7) is 7.75. The monoisotopic (exact) mass is 198 g/mol. The van der Waals surface area contributed by atoms with Crippen molar-refractivity contribution in [1.29, 1.82) is 0 Å². The Balaban J connectivity index is 0. The molecule has 0 nitrogen and oxygen atoms in total. The molecule has 0 saturated heterocycles. The van der Waals surface area contributed by atoms with Crippen LogP contribution in [-0.4, -0.2) is 0 Å². The molecule has 0 saturated carbocycles. The first-order valence-corrected chi connectivity index (χ1v) is 3.47. The minimum atomic E-state index is 0. The summed E-state index contributed by atoms with van der Waals surface area (Å²) in [5.74, 6) is 0.583. The van der Waals surface area contributed by atoms with Gasteiger partial charge in [-0.1, -0.05) is 13.8 Å². The first-order chi connectivity index (χ1) is 4.73. The summed E-state index contributed by atoms with van der Waals surface area (Å²) in [6, 6.07) is 12.5. The number of hydrogen-bond acceptors (Lipinski definition) is 0. The minimum absolute atomic E-state index is 0. The smallest absolute Gasteiger partial charge is 0.341 e. The standard InChI is InChI=1S/C6H5.C4H9.Zn/c1-2-4-6-5-3-1;1-4(2)3;/h1-5H;4H,1H2,2-3H3;/q2*-1;+2. The zero-order chi connectivity index (χ0) is 7.82. The summed E-state index contributed by atoms with van der Waals surface area (Å²) in [5.41, 5.74) is 0. The van der Waals surface area contributed by atoms with Crippen molar-refractivity contribution in [2.24, 2.45) is 5.92 Å². The first kappa shape index (κ1) is 13.4. The fourth-order valence-electron chi connectivity index (χ4n) is 0.342. The number of rotatable bonds is 0. The molecule has 0 unspecified atom stereocenters. The van der Waals surface area contributed by atoms with Crippen molar-refractivity contribution in [3.8, 4) is 0 Å². The van der Waals surface area contributed by atoms with E-state index in [9.17, 15) is 0 Å². The molecule has 1 aromatic rings. The van der Waals surface area contributed by atoms with Gasteiger partial charge >= 0.3 is 19.5 Å². The molecule has 0 radical (unpaired) electrons. The second-order valence-corrected chi connectivity index (χ2v) is 2.47. The van der Waals surface area contributed by atoms with E-state index in [4.69, 9.17) is 0 Å². The topological polar surface area (TPSA) is 0 Å². The van der Waals surface area contributed by atoms with E-state index in [2.05, 4.69) is 26.8 Å². The van der Waals surface area contributed by atoms with E-state index < -0.39 is 0 Å². The number of hydrogen-bond donors (Lipinski definition) is 0. The maximum Gasteiger partial charge on any atom is 2.00 e. The Labute approximate surface area is 82.8 Å². The number of benzene rings is 1. The minimum Gasteiger partial charge on any atom is -0.341 e. The Morgan fingerprint density at radius 3 is 1.55 bits per heavy atom. The Kier molecular flexibility index (Phi) is 12.0. The van der Waals surface area contributed by atoms with Gasteiger partial charge in [-0.2, -0.15) is 42.3 Å². The van der Waals surface area contributed by atoms with Gasteiger partial charge in [-0.25, -0.2) is 0 Å². The molecular weight excluding hydrogens is 185 g/mol. The Bertz CT molecular complexity index is 105. The Morgan fingerprint density at radius 2 is 1.45 bits per heavy atom. The van der Waals surface area contributed by atoms with Crippen molar-refractivity contribution < 1.29 is 19.5 Å². The van der Waals surface area contributed by atoms with Crippen molar-refractivity contribution in [3.63, 3.8) is 0 Å². The van der Waals surface area contributed by atoms with Crippen LogP contribution in [0.3, 0.4) is 0 Å². The predicted octanol–water partition coefficient (Wildman–Crippen LogP) is 2.96. The summed E-state index contributed by atoms with van der Waals surface area (Å²) in [7, 11) is 0. The molecule has 0 bridgehead atoms. The van der Waals surface area contributed by atoms with Crippen molar-refractivity contribution >= 4 is 0 Å². The second kappa shape index (κ2) is 9.84. The maximum atomic E-state index is 3.64. The molecule has 0 heterocycles. The SMILES string of the molecule is [CH2-]C(C)C.[Zn+2].[c-]1ccccc1. The third-order valence-electron chi connectivity index (χ3n) is 0.607. The molecule has 0 atom stereocenters. The molecule has 1 heteroatoms. The van der Waals surface area contributed by atoms with Crippen LogP contribution in [0.5, 0.6) is 0 Å². The van der Waals surface area contributed by atoms with Gasteiger partial charge in [0.15, 0.2) is 0 Å². The van der Waals surface area contributed by atoms with E-state index in [1.807, 2.05) is 30.3 Å². The maximum absolute atomic E-state index is 3.64. The second-order valence-electron chi connectivity index (χ2n) is 2.47. The van der Waals surface area contributed by atoms with Gasteiger partial charge in [-0.05, 0) is 0 Å². The summed E-state index contributed by atoms with van der Waals surface area (Å²) >= 11 is 0. The van der Waals surface area contributed by atoms with E-state index in [0.29, 0.717) is 5.92 Å². The van der Waals surface area contributed by atoms with Gasteiger partial charge in [-0.15, -0.1) is 0 Å². The average molecular weight is 200 g/mol. The van der Waals surface area contributed by atoms with Crippen molar-refractivity contribution in [1.82, 2.24) is 0 Å². The molecule has 1 aromatic carbocycles. The zero-order valence-corrected chi connectivity index (χ0v) is 10.3. The molecule has 0 N–H and O–H groups in total. The van der Waals surface area contributed by atoms with Crippen LogP contribution >= 0.6 is 0 Å². The molecule has 56 valence electrons. The predicted molar refractivity (Wildman–Crippen MR) is 45.5 cm³/mol. The normalized spacial score (nSPS) is 7.64. The molecule has 0 aliphatic carbocycles. The van der Waals surface area contributed by atoms with E-state index in [-0.39, 0.29) is 19.5 Å². The molecular formula is C10H14Zn. The summed E-state index contributed by atoms with van der Waals surface area (Å²) in [6.07, 6.45) is 0. The Hall–Kier alpha value is -0.157. The zero-order valence-electron chi connectivity index (χ0n) is 7.38. The van der Waals surface area contributed by atoms with Gasteiger partial charge < -0.3 is 6.92 Å². The van der Waals surface area contributed by atoms with Crippen molar-refractivity contribution in [3.05, 3.63) is 43.3 Å². The van der Waals surface area contributed by atoms with Gasteiger partial charge in [0.25, 0.3) is 0 Å². The third kappa shape index (κ3) is 17.7. The summed E-state index contributed by atoms with van der Waals surface area (Å²) in [5, 5.41) is 0. The fourth-order valence-corrected chi connectivity index (χ4v) is 0.342. The van der Waals surface area contributed by atoms with Crippen LogP contribution in [-0.2, 0) is 19.5 Å². The van der Waals surface area contributed by atoms with Crippen LogP contribution in [0, 0.1) is 18.9 Å². The molecule has 11 heavy (non-hydrogen) atoms. The van der Waals surface area contributed by atoms with Gasteiger partial charge in [0, 0.05) is 0 Å². The van der Waals surface area contributed by atoms with E-state index in [1.165, 1.54) is 0 Å². The van der Waals surface area contributed by atoms with Gasteiger partial charge in [0.1, 0.15) is 0 Å². The van der Waals surface area contributed by atoms with E-state index >= 15 is 0 Å². The largest absolute Gasteiger partial charge is 2.00 e. The van der Waals surface area contributed by atoms with E-state index in [0.717, 1.165) is 0 Å². The fraction of sp³-hybridized carbons (Fsp3) is 0.300. The van der Waals surface area contributed by atoms with Crippen LogP contribution in [0.4, 0.5) is 0 Å². The Morgan fingerprint density at radius 1 is 1.09 bits per heavy atom. The van der Waals surface area contributed by atoms with Crippen molar-refractivity contribution in [2.45, 2.75) is 13.8 Å². The molecule has 0 aliphatic heterocycles. The van der Waals surface area contributed by atoms with Crippen LogP contribution < -0.4 is 0 Å². The van der Waals surface area contributed by atoms with Gasteiger partial charge in [0.2, 0.25) is 0 Å². The van der Waals surface area contributed by atoms with Gasteiger partial charge in [-0.3, -0.25) is 0 Å². The first-order valence-electron chi connectivity index (χ1n) is 3.47. The summed E-state index contributed by atoms with van der Waals surface area (Å²) < 4.78 is 0. The molecule has 0 amide bonds. The summed E-state index contributed by atoms with van der Waals surface area (Å²) in [4.78, 5) is 0. The molecule has 1 rings (SSSR count). The van der Waals surface area contributed by atoms with Crippen LogP contribution in [0.15, 0.2) is 30.3 Å². The van der Waals surface area contributed by atoms with Gasteiger partial charge in [0.05, 0.1) is 0 Å². The third-order valence-corrected chi connectivity index (χ3v) is 0.607. The average Bonchev–Trinajstić information content (AvgIpc) is 1.90. The van der Waals surface area contributed by atoms with Crippen LogP contribution in [0.25, 0.3) is 0 Å². The van der Waals surface area contributed by atoms with Crippen LogP contribution in [0.1, 0.15) is 13.8 Å². The molecule has 0 fully saturated rings. The molecule has 0 spiro atoms. The van der Waals surface area contributed by atoms with E-state index in [1.54, 1.807) is 0 Å². The van der Waals surface area contributed by atoms with Crippen molar-refractivity contribution in [2.75, 3.05) is 0 Å². The molecule has 0 aromatic heterocycles. The quantitative estimate of drug-likeness (QED) is 0.445.